The Morgan fingerprint density at radius 3 is 2.30 bits per heavy atom. The predicted octanol–water partition coefficient (Wildman–Crippen LogP) is 1.73. The summed E-state index contributed by atoms with van der Waals surface area (Å²) >= 11 is 3.31. The van der Waals surface area contributed by atoms with Crippen molar-refractivity contribution in [3.63, 3.8) is 0 Å². The van der Waals surface area contributed by atoms with Crippen LogP contribution in [0, 0.1) is 0 Å². The van der Waals surface area contributed by atoms with Crippen molar-refractivity contribution in [3.8, 4) is 0 Å². The first-order chi connectivity index (χ1) is 9.45. The van der Waals surface area contributed by atoms with Crippen molar-refractivity contribution in [1.82, 2.24) is 9.62 Å². The fourth-order valence-corrected chi connectivity index (χ4v) is 3.46. The van der Waals surface area contributed by atoms with Gasteiger partial charge in [-0.15, -0.1) is 0 Å². The van der Waals surface area contributed by atoms with Crippen LogP contribution in [-0.2, 0) is 20.1 Å². The minimum atomic E-state index is -3.63. The highest BCUT2D eigenvalue weighted by molar-refractivity contribution is 9.08. The normalized spacial score (nSPS) is 11.6. The quantitative estimate of drug-likeness (QED) is 0.751. The maximum absolute atomic E-state index is 12.4. The van der Waals surface area contributed by atoms with E-state index in [-0.39, 0.29) is 23.9 Å². The second kappa shape index (κ2) is 7.75. The standard InChI is InChI=1S/C13H19BrN2O3S/c1-3-15-13(17)10-16(4-2)20(18,19)12-7-5-11(9-14)6-8-12/h5-8H,3-4,9-10H2,1-2H3,(H,15,17). The molecule has 0 saturated carbocycles. The Morgan fingerprint density at radius 2 is 1.85 bits per heavy atom. The zero-order valence-electron chi connectivity index (χ0n) is 11.6. The molecule has 1 amide bonds. The van der Waals surface area contributed by atoms with E-state index in [9.17, 15) is 13.2 Å². The number of carbonyl (C=O) groups is 1. The molecule has 7 heteroatoms. The van der Waals surface area contributed by atoms with Gasteiger partial charge in [0.15, 0.2) is 0 Å². The summed E-state index contributed by atoms with van der Waals surface area (Å²) in [4.78, 5) is 11.8. The molecule has 112 valence electrons. The van der Waals surface area contributed by atoms with Gasteiger partial charge in [0.1, 0.15) is 0 Å². The largest absolute Gasteiger partial charge is 0.355 e. The van der Waals surface area contributed by atoms with Crippen LogP contribution in [0.25, 0.3) is 0 Å². The summed E-state index contributed by atoms with van der Waals surface area (Å²) in [7, 11) is -3.63. The van der Waals surface area contributed by atoms with Crippen LogP contribution in [0.1, 0.15) is 19.4 Å². The molecule has 0 aliphatic rings. The van der Waals surface area contributed by atoms with E-state index in [4.69, 9.17) is 0 Å². The summed E-state index contributed by atoms with van der Waals surface area (Å²) in [6.07, 6.45) is 0. The van der Waals surface area contributed by atoms with Crippen molar-refractivity contribution in [2.45, 2.75) is 24.1 Å². The van der Waals surface area contributed by atoms with E-state index in [1.807, 2.05) is 0 Å². The number of benzene rings is 1. The Labute approximate surface area is 128 Å². The Bertz CT molecular complexity index is 543. The van der Waals surface area contributed by atoms with Gasteiger partial charge in [0.25, 0.3) is 0 Å². The monoisotopic (exact) mass is 362 g/mol. The zero-order chi connectivity index (χ0) is 15.2. The Balaban J connectivity index is 2.95. The van der Waals surface area contributed by atoms with Crippen molar-refractivity contribution in [3.05, 3.63) is 29.8 Å². The maximum atomic E-state index is 12.4. The van der Waals surface area contributed by atoms with Crippen LogP contribution >= 0.6 is 15.9 Å². The molecule has 0 aliphatic carbocycles. The molecule has 0 unspecified atom stereocenters. The van der Waals surface area contributed by atoms with E-state index >= 15 is 0 Å². The molecule has 0 spiro atoms. The third-order valence-electron chi connectivity index (χ3n) is 2.76. The van der Waals surface area contributed by atoms with Crippen molar-refractivity contribution in [2.75, 3.05) is 19.6 Å². The molecule has 0 atom stereocenters. The van der Waals surface area contributed by atoms with Gasteiger partial charge in [0.2, 0.25) is 15.9 Å². The molecule has 1 N–H and O–H groups in total. The second-order valence-electron chi connectivity index (χ2n) is 4.16. The van der Waals surface area contributed by atoms with Gasteiger partial charge in [-0.05, 0) is 24.6 Å². The van der Waals surface area contributed by atoms with E-state index in [0.717, 1.165) is 5.56 Å². The van der Waals surface area contributed by atoms with Crippen LogP contribution in [0.15, 0.2) is 29.2 Å². The molecule has 0 saturated heterocycles. The lowest BCUT2D eigenvalue weighted by Crippen LogP contribution is -2.40. The molecule has 0 heterocycles. The summed E-state index contributed by atoms with van der Waals surface area (Å²) in [6, 6.07) is 6.63. The third-order valence-corrected chi connectivity index (χ3v) is 5.34. The highest BCUT2D eigenvalue weighted by Gasteiger charge is 2.24. The number of rotatable bonds is 7. The molecule has 20 heavy (non-hydrogen) atoms. The summed E-state index contributed by atoms with van der Waals surface area (Å²) in [6.45, 7) is 4.08. The van der Waals surface area contributed by atoms with Crippen LogP contribution in [-0.4, -0.2) is 38.3 Å². The fraction of sp³-hybridized carbons (Fsp3) is 0.462. The average Bonchev–Trinajstić information content (AvgIpc) is 2.45. The van der Waals surface area contributed by atoms with Gasteiger partial charge < -0.3 is 5.32 Å². The highest BCUT2D eigenvalue weighted by atomic mass is 79.9. The van der Waals surface area contributed by atoms with E-state index in [0.29, 0.717) is 11.9 Å². The van der Waals surface area contributed by atoms with Crippen molar-refractivity contribution in [1.29, 1.82) is 0 Å². The first-order valence-electron chi connectivity index (χ1n) is 6.37. The predicted molar refractivity (Wildman–Crippen MR) is 82.2 cm³/mol. The second-order valence-corrected chi connectivity index (χ2v) is 6.66. The van der Waals surface area contributed by atoms with Gasteiger partial charge in [0.05, 0.1) is 11.4 Å². The minimum absolute atomic E-state index is 0.160. The molecule has 1 aromatic carbocycles. The number of hydrogen-bond donors (Lipinski definition) is 1. The number of sulfonamides is 1. The molecule has 0 aromatic heterocycles. The SMILES string of the molecule is CCNC(=O)CN(CC)S(=O)(=O)c1ccc(CBr)cc1. The van der Waals surface area contributed by atoms with Gasteiger partial charge in [-0.1, -0.05) is 35.0 Å². The summed E-state index contributed by atoms with van der Waals surface area (Å²) in [5.41, 5.74) is 0.996. The molecular weight excluding hydrogens is 344 g/mol. The molecule has 1 aromatic rings. The van der Waals surface area contributed by atoms with Crippen LogP contribution < -0.4 is 5.32 Å². The number of nitrogens with zero attached hydrogens (tertiary/aromatic N) is 1. The van der Waals surface area contributed by atoms with Crippen LogP contribution in [0.3, 0.4) is 0 Å². The van der Waals surface area contributed by atoms with Gasteiger partial charge in [0, 0.05) is 18.4 Å². The minimum Gasteiger partial charge on any atom is -0.355 e. The lowest BCUT2D eigenvalue weighted by molar-refractivity contribution is -0.121. The van der Waals surface area contributed by atoms with Crippen LogP contribution in [0.4, 0.5) is 0 Å². The third kappa shape index (κ3) is 4.29. The lowest BCUT2D eigenvalue weighted by atomic mass is 10.2. The number of carbonyl (C=O) groups excluding carboxylic acids is 1. The molecule has 5 nitrogen and oxygen atoms in total. The van der Waals surface area contributed by atoms with Crippen molar-refractivity contribution in [2.24, 2.45) is 0 Å². The van der Waals surface area contributed by atoms with Gasteiger partial charge >= 0.3 is 0 Å². The fourth-order valence-electron chi connectivity index (χ4n) is 1.68. The maximum Gasteiger partial charge on any atom is 0.243 e. The number of nitrogens with one attached hydrogen (secondary N) is 1. The van der Waals surface area contributed by atoms with Gasteiger partial charge in [-0.3, -0.25) is 4.79 Å². The average molecular weight is 363 g/mol. The topological polar surface area (TPSA) is 66.5 Å². The Morgan fingerprint density at radius 1 is 1.25 bits per heavy atom. The molecule has 0 bridgehead atoms. The van der Waals surface area contributed by atoms with E-state index in [1.54, 1.807) is 38.1 Å². The molecule has 0 radical (unpaired) electrons. The van der Waals surface area contributed by atoms with Gasteiger partial charge in [-0.2, -0.15) is 4.31 Å². The van der Waals surface area contributed by atoms with E-state index in [2.05, 4.69) is 21.2 Å². The number of alkyl halides is 1. The Kier molecular flexibility index (Phi) is 6.64. The number of halogens is 1. The van der Waals surface area contributed by atoms with Crippen LogP contribution in [0.5, 0.6) is 0 Å². The first kappa shape index (κ1) is 17.1. The smallest absolute Gasteiger partial charge is 0.243 e. The first-order valence-corrected chi connectivity index (χ1v) is 8.93. The number of likely N-dealkylation sites (N-methyl/N-ethyl adjacent to an activating group) is 2. The van der Waals surface area contributed by atoms with Crippen molar-refractivity contribution < 1.29 is 13.2 Å². The molecule has 0 fully saturated rings. The van der Waals surface area contributed by atoms with E-state index < -0.39 is 10.0 Å². The number of hydrogen-bond acceptors (Lipinski definition) is 3. The molecular formula is C13H19BrN2O3S. The summed E-state index contributed by atoms with van der Waals surface area (Å²) in [5.74, 6) is -0.296. The highest BCUT2D eigenvalue weighted by Crippen LogP contribution is 2.17. The van der Waals surface area contributed by atoms with Gasteiger partial charge in [-0.25, -0.2) is 8.42 Å². The van der Waals surface area contributed by atoms with Crippen LogP contribution in [0.2, 0.25) is 0 Å². The number of amides is 1. The molecule has 0 aliphatic heterocycles. The zero-order valence-corrected chi connectivity index (χ0v) is 14.0. The lowest BCUT2D eigenvalue weighted by Gasteiger charge is -2.20. The summed E-state index contributed by atoms with van der Waals surface area (Å²) < 4.78 is 26.0. The molecule has 1 rings (SSSR count). The summed E-state index contributed by atoms with van der Waals surface area (Å²) in [5, 5.41) is 3.27. The Hall–Kier alpha value is -0.920. The van der Waals surface area contributed by atoms with E-state index in [1.165, 1.54) is 4.31 Å². The van der Waals surface area contributed by atoms with Crippen molar-refractivity contribution >= 4 is 31.9 Å².